The third-order valence-electron chi connectivity index (χ3n) is 4.84. The molecule has 0 bridgehead atoms. The van der Waals surface area contributed by atoms with E-state index in [1.807, 2.05) is 24.3 Å². The summed E-state index contributed by atoms with van der Waals surface area (Å²) in [6.45, 7) is 0. The van der Waals surface area contributed by atoms with Crippen LogP contribution in [0.2, 0.25) is 10.0 Å². The van der Waals surface area contributed by atoms with Gasteiger partial charge in [0.05, 0.1) is 17.4 Å². The SMILES string of the molecule is Clc1ccc(C2=NN(c3ccc(Cl)cc3)C3CCCCC23)cc1. The second-order valence-electron chi connectivity index (χ2n) is 6.27. The Morgan fingerprint density at radius 3 is 2.13 bits per heavy atom. The van der Waals surface area contributed by atoms with E-state index in [0.717, 1.165) is 15.7 Å². The number of halogens is 2. The first-order chi connectivity index (χ1) is 11.2. The highest BCUT2D eigenvalue weighted by atomic mass is 35.5. The first-order valence-corrected chi connectivity index (χ1v) is 8.87. The summed E-state index contributed by atoms with van der Waals surface area (Å²) in [5, 5.41) is 8.72. The molecule has 118 valence electrons. The second-order valence-corrected chi connectivity index (χ2v) is 7.14. The van der Waals surface area contributed by atoms with Crippen molar-refractivity contribution in [3.05, 3.63) is 64.1 Å². The maximum atomic E-state index is 6.03. The highest BCUT2D eigenvalue weighted by molar-refractivity contribution is 6.31. The number of nitrogens with zero attached hydrogens (tertiary/aromatic N) is 2. The molecule has 0 saturated heterocycles. The Bertz CT molecular complexity index is 722. The smallest absolute Gasteiger partial charge is 0.0734 e. The van der Waals surface area contributed by atoms with Gasteiger partial charge in [-0.1, -0.05) is 48.2 Å². The van der Waals surface area contributed by atoms with Crippen LogP contribution in [0.1, 0.15) is 31.2 Å². The molecule has 2 atom stereocenters. The maximum absolute atomic E-state index is 6.03. The van der Waals surface area contributed by atoms with Gasteiger partial charge < -0.3 is 0 Å². The van der Waals surface area contributed by atoms with Crippen molar-refractivity contribution in [3.8, 4) is 0 Å². The first kappa shape index (κ1) is 15.0. The lowest BCUT2D eigenvalue weighted by atomic mass is 9.80. The van der Waals surface area contributed by atoms with Gasteiger partial charge in [0.15, 0.2) is 0 Å². The van der Waals surface area contributed by atoms with Gasteiger partial charge in [0.25, 0.3) is 0 Å². The van der Waals surface area contributed by atoms with E-state index in [1.54, 1.807) is 0 Å². The first-order valence-electron chi connectivity index (χ1n) is 8.11. The van der Waals surface area contributed by atoms with Crippen LogP contribution in [0, 0.1) is 5.92 Å². The average Bonchev–Trinajstić information content (AvgIpc) is 2.96. The van der Waals surface area contributed by atoms with E-state index in [2.05, 4.69) is 29.3 Å². The molecule has 23 heavy (non-hydrogen) atoms. The van der Waals surface area contributed by atoms with Crippen molar-refractivity contribution < 1.29 is 0 Å². The number of hydrogen-bond acceptors (Lipinski definition) is 2. The van der Waals surface area contributed by atoms with Crippen molar-refractivity contribution in [2.24, 2.45) is 11.0 Å². The molecular formula is C19H18Cl2N2. The van der Waals surface area contributed by atoms with E-state index in [9.17, 15) is 0 Å². The molecule has 2 nitrogen and oxygen atoms in total. The molecule has 4 heteroatoms. The van der Waals surface area contributed by atoms with Gasteiger partial charge in [0, 0.05) is 16.0 Å². The zero-order chi connectivity index (χ0) is 15.8. The van der Waals surface area contributed by atoms with Crippen molar-refractivity contribution in [1.29, 1.82) is 0 Å². The van der Waals surface area contributed by atoms with E-state index < -0.39 is 0 Å². The summed E-state index contributed by atoms with van der Waals surface area (Å²) >= 11 is 12.1. The summed E-state index contributed by atoms with van der Waals surface area (Å²) in [5.74, 6) is 0.501. The molecule has 0 aromatic heterocycles. The molecule has 2 aromatic carbocycles. The number of anilines is 1. The summed E-state index contributed by atoms with van der Waals surface area (Å²) in [6, 6.07) is 16.5. The third-order valence-corrected chi connectivity index (χ3v) is 5.35. The molecule has 0 amide bonds. The van der Waals surface area contributed by atoms with Gasteiger partial charge in [-0.15, -0.1) is 0 Å². The lowest BCUT2D eigenvalue weighted by Crippen LogP contribution is -2.36. The Hall–Kier alpha value is -1.51. The monoisotopic (exact) mass is 344 g/mol. The molecule has 1 fully saturated rings. The number of hydrogen-bond donors (Lipinski definition) is 0. The van der Waals surface area contributed by atoms with Gasteiger partial charge in [-0.2, -0.15) is 5.10 Å². The fraction of sp³-hybridized carbons (Fsp3) is 0.316. The van der Waals surface area contributed by atoms with E-state index >= 15 is 0 Å². The molecule has 0 N–H and O–H groups in total. The van der Waals surface area contributed by atoms with Crippen LogP contribution < -0.4 is 5.01 Å². The number of fused-ring (bicyclic) bond motifs is 1. The summed E-state index contributed by atoms with van der Waals surface area (Å²) in [4.78, 5) is 0. The zero-order valence-electron chi connectivity index (χ0n) is 12.8. The molecule has 1 saturated carbocycles. The number of hydrazone groups is 1. The Labute approximate surface area is 146 Å². The summed E-state index contributed by atoms with van der Waals surface area (Å²) in [6.07, 6.45) is 4.95. The molecule has 0 spiro atoms. The van der Waals surface area contributed by atoms with Crippen molar-refractivity contribution in [2.75, 3.05) is 5.01 Å². The van der Waals surface area contributed by atoms with Crippen molar-refractivity contribution in [3.63, 3.8) is 0 Å². The van der Waals surface area contributed by atoms with Crippen LogP contribution >= 0.6 is 23.2 Å². The Kier molecular flexibility index (Phi) is 4.04. The van der Waals surface area contributed by atoms with E-state index in [-0.39, 0.29) is 0 Å². The van der Waals surface area contributed by atoms with Crippen molar-refractivity contribution in [2.45, 2.75) is 31.7 Å². The fourth-order valence-corrected chi connectivity index (χ4v) is 3.97. The van der Waals surface area contributed by atoms with Gasteiger partial charge in [0.1, 0.15) is 0 Å². The van der Waals surface area contributed by atoms with Crippen LogP contribution in [-0.2, 0) is 0 Å². The summed E-state index contributed by atoms with van der Waals surface area (Å²) in [5.41, 5.74) is 3.50. The topological polar surface area (TPSA) is 15.6 Å². The van der Waals surface area contributed by atoms with Gasteiger partial charge in [-0.05, 0) is 54.8 Å². The maximum Gasteiger partial charge on any atom is 0.0734 e. The van der Waals surface area contributed by atoms with E-state index in [1.165, 1.54) is 37.0 Å². The van der Waals surface area contributed by atoms with Crippen LogP contribution in [0.5, 0.6) is 0 Å². The zero-order valence-corrected chi connectivity index (χ0v) is 14.3. The molecular weight excluding hydrogens is 327 g/mol. The van der Waals surface area contributed by atoms with Crippen molar-refractivity contribution in [1.82, 2.24) is 0 Å². The van der Waals surface area contributed by atoms with Gasteiger partial charge in [0.2, 0.25) is 0 Å². The van der Waals surface area contributed by atoms with Gasteiger partial charge in [-0.3, -0.25) is 5.01 Å². The average molecular weight is 345 g/mol. The number of rotatable bonds is 2. The Morgan fingerprint density at radius 2 is 1.43 bits per heavy atom. The lowest BCUT2D eigenvalue weighted by molar-refractivity contribution is 0.384. The fourth-order valence-electron chi connectivity index (χ4n) is 3.72. The van der Waals surface area contributed by atoms with E-state index in [0.29, 0.717) is 12.0 Å². The highest BCUT2D eigenvalue weighted by Gasteiger charge is 2.39. The largest absolute Gasteiger partial charge is 0.262 e. The van der Waals surface area contributed by atoms with Crippen molar-refractivity contribution >= 4 is 34.6 Å². The minimum absolute atomic E-state index is 0.454. The lowest BCUT2D eigenvalue weighted by Gasteiger charge is -2.31. The van der Waals surface area contributed by atoms with Gasteiger partial charge in [-0.25, -0.2) is 0 Å². The van der Waals surface area contributed by atoms with Crippen LogP contribution in [-0.4, -0.2) is 11.8 Å². The quantitative estimate of drug-likeness (QED) is 0.674. The number of benzene rings is 2. The second kappa shape index (κ2) is 6.18. The summed E-state index contributed by atoms with van der Waals surface area (Å²) in [7, 11) is 0. The summed E-state index contributed by atoms with van der Waals surface area (Å²) < 4.78 is 0. The molecule has 0 radical (unpaired) electrons. The van der Waals surface area contributed by atoms with Gasteiger partial charge >= 0.3 is 0 Å². The van der Waals surface area contributed by atoms with Crippen LogP contribution in [0.25, 0.3) is 0 Å². The molecule has 2 aliphatic rings. The normalized spacial score (nSPS) is 23.6. The minimum atomic E-state index is 0.454. The molecule has 2 unspecified atom stereocenters. The molecule has 4 rings (SSSR count). The molecule has 2 aromatic rings. The Balaban J connectivity index is 1.73. The van der Waals surface area contributed by atoms with Crippen LogP contribution in [0.3, 0.4) is 0 Å². The molecule has 1 aliphatic heterocycles. The predicted octanol–water partition coefficient (Wildman–Crippen LogP) is 5.78. The third kappa shape index (κ3) is 2.86. The molecule has 1 aliphatic carbocycles. The predicted molar refractivity (Wildman–Crippen MR) is 97.7 cm³/mol. The van der Waals surface area contributed by atoms with Crippen LogP contribution in [0.4, 0.5) is 5.69 Å². The standard InChI is InChI=1S/C19H18Cl2N2/c20-14-7-5-13(6-8-14)19-17-3-1-2-4-18(17)23(22-19)16-11-9-15(21)10-12-16/h5-12,17-18H,1-4H2. The van der Waals surface area contributed by atoms with Crippen LogP contribution in [0.15, 0.2) is 53.6 Å². The highest BCUT2D eigenvalue weighted by Crippen LogP contribution is 2.39. The van der Waals surface area contributed by atoms with E-state index in [4.69, 9.17) is 28.3 Å². The molecule has 1 heterocycles. The minimum Gasteiger partial charge on any atom is -0.262 e. The Morgan fingerprint density at radius 1 is 0.826 bits per heavy atom.